The molecule has 0 saturated heterocycles. The summed E-state index contributed by atoms with van der Waals surface area (Å²) in [6, 6.07) is 9.69. The molecule has 2 aromatic rings. The summed E-state index contributed by atoms with van der Waals surface area (Å²) in [5.74, 6) is -1.48. The van der Waals surface area contributed by atoms with Crippen molar-refractivity contribution in [2.24, 2.45) is 0 Å². The van der Waals surface area contributed by atoms with Gasteiger partial charge in [0.25, 0.3) is 5.91 Å². The molecule has 0 aliphatic heterocycles. The van der Waals surface area contributed by atoms with Crippen LogP contribution in [-0.4, -0.2) is 17.0 Å². The third-order valence-corrected chi connectivity index (χ3v) is 4.32. The van der Waals surface area contributed by atoms with Crippen molar-refractivity contribution in [3.05, 3.63) is 60.6 Å². The quantitative estimate of drug-likeness (QED) is 0.629. The number of hydrogen-bond acceptors (Lipinski definition) is 2. The van der Waals surface area contributed by atoms with Crippen molar-refractivity contribution < 1.29 is 14.7 Å². The highest BCUT2D eigenvalue weighted by molar-refractivity contribution is 14.1. The van der Waals surface area contributed by atoms with Gasteiger partial charge in [0.05, 0.1) is 16.1 Å². The van der Waals surface area contributed by atoms with Crippen molar-refractivity contribution in [2.75, 3.05) is 5.32 Å². The fraction of sp³-hybridized carbons (Fsp3) is 0. The predicted octanol–water partition coefficient (Wildman–Crippen LogP) is 4.66. The number of amides is 1. The summed E-state index contributed by atoms with van der Waals surface area (Å²) in [6.45, 7) is 0. The number of carboxylic acids is 1. The topological polar surface area (TPSA) is 66.4 Å². The Morgan fingerprint density at radius 2 is 1.86 bits per heavy atom. The van der Waals surface area contributed by atoms with Gasteiger partial charge in [-0.1, -0.05) is 11.6 Å². The summed E-state index contributed by atoms with van der Waals surface area (Å²) in [6.07, 6.45) is 0. The monoisotopic (exact) mass is 479 g/mol. The molecule has 1 amide bonds. The lowest BCUT2D eigenvalue weighted by atomic mass is 10.1. The molecule has 0 unspecified atom stereocenters. The molecule has 0 radical (unpaired) electrons. The zero-order valence-corrected chi connectivity index (χ0v) is 14.9. The minimum absolute atomic E-state index is 0.0591. The Morgan fingerprint density at radius 1 is 1.14 bits per heavy atom. The van der Waals surface area contributed by atoms with E-state index in [1.165, 1.54) is 12.1 Å². The van der Waals surface area contributed by atoms with Crippen LogP contribution in [-0.2, 0) is 0 Å². The molecule has 4 nitrogen and oxygen atoms in total. The Kier molecular flexibility index (Phi) is 5.23. The zero-order chi connectivity index (χ0) is 15.6. The van der Waals surface area contributed by atoms with Gasteiger partial charge in [-0.25, -0.2) is 4.79 Å². The number of hydrogen-bond donors (Lipinski definition) is 2. The van der Waals surface area contributed by atoms with E-state index >= 15 is 0 Å². The fourth-order valence-electron chi connectivity index (χ4n) is 1.64. The molecule has 7 heteroatoms. The van der Waals surface area contributed by atoms with Crippen LogP contribution < -0.4 is 5.32 Å². The van der Waals surface area contributed by atoms with E-state index in [1.807, 2.05) is 6.07 Å². The van der Waals surface area contributed by atoms with Gasteiger partial charge in [0.1, 0.15) is 0 Å². The molecule has 108 valence electrons. The number of benzene rings is 2. The number of rotatable bonds is 3. The molecule has 0 aromatic heterocycles. The maximum Gasteiger partial charge on any atom is 0.337 e. The summed E-state index contributed by atoms with van der Waals surface area (Å²) >= 11 is 11.2. The predicted molar refractivity (Wildman–Crippen MR) is 93.2 cm³/mol. The van der Waals surface area contributed by atoms with Crippen molar-refractivity contribution in [1.29, 1.82) is 0 Å². The number of carbonyl (C=O) groups is 2. The molecule has 0 heterocycles. The smallest absolute Gasteiger partial charge is 0.337 e. The van der Waals surface area contributed by atoms with Gasteiger partial charge in [-0.15, -0.1) is 0 Å². The van der Waals surface area contributed by atoms with Crippen molar-refractivity contribution in [3.8, 4) is 0 Å². The number of anilines is 1. The van der Waals surface area contributed by atoms with Crippen LogP contribution in [0.4, 0.5) is 5.69 Å². The van der Waals surface area contributed by atoms with E-state index < -0.39 is 5.97 Å². The van der Waals surface area contributed by atoms with Crippen LogP contribution in [0.5, 0.6) is 0 Å². The highest BCUT2D eigenvalue weighted by Gasteiger charge is 2.14. The number of halogens is 3. The van der Waals surface area contributed by atoms with E-state index in [0.717, 1.165) is 3.57 Å². The van der Waals surface area contributed by atoms with E-state index in [4.69, 9.17) is 16.7 Å². The van der Waals surface area contributed by atoms with Crippen LogP contribution >= 0.6 is 50.1 Å². The maximum absolute atomic E-state index is 12.2. The van der Waals surface area contributed by atoms with Gasteiger partial charge in [0.2, 0.25) is 0 Å². The van der Waals surface area contributed by atoms with E-state index in [-0.39, 0.29) is 16.5 Å². The van der Waals surface area contributed by atoms with Crippen molar-refractivity contribution in [3.63, 3.8) is 0 Å². The molecule has 0 fully saturated rings. The molecule has 21 heavy (non-hydrogen) atoms. The molecule has 0 aliphatic rings. The van der Waals surface area contributed by atoms with Gasteiger partial charge in [-0.3, -0.25) is 4.79 Å². The SMILES string of the molecule is O=C(O)c1cc(NC(=O)c2cc(I)ccc2Br)ccc1Cl. The first kappa shape index (κ1) is 16.3. The second-order valence-corrected chi connectivity index (χ2v) is 6.59. The van der Waals surface area contributed by atoms with E-state index in [2.05, 4.69) is 43.8 Å². The third-order valence-electron chi connectivity index (χ3n) is 2.63. The molecule has 0 atom stereocenters. The molecule has 0 aliphatic carbocycles. The minimum atomic E-state index is -1.15. The van der Waals surface area contributed by atoms with Crippen molar-refractivity contribution in [1.82, 2.24) is 0 Å². The van der Waals surface area contributed by atoms with E-state index in [9.17, 15) is 9.59 Å². The summed E-state index contributed by atoms with van der Waals surface area (Å²) in [7, 11) is 0. The van der Waals surface area contributed by atoms with Gasteiger partial charge >= 0.3 is 5.97 Å². The minimum Gasteiger partial charge on any atom is -0.478 e. The number of carbonyl (C=O) groups excluding carboxylic acids is 1. The Morgan fingerprint density at radius 3 is 2.52 bits per heavy atom. The molecule has 2 rings (SSSR count). The van der Waals surface area contributed by atoms with Crippen LogP contribution in [0.3, 0.4) is 0 Å². The molecule has 2 aromatic carbocycles. The largest absolute Gasteiger partial charge is 0.478 e. The van der Waals surface area contributed by atoms with Crippen molar-refractivity contribution in [2.45, 2.75) is 0 Å². The average molecular weight is 480 g/mol. The van der Waals surface area contributed by atoms with Crippen LogP contribution in [0.1, 0.15) is 20.7 Å². The normalized spacial score (nSPS) is 10.2. The lowest BCUT2D eigenvalue weighted by Gasteiger charge is -2.09. The Hall–Kier alpha value is -1.12. The summed E-state index contributed by atoms with van der Waals surface area (Å²) in [5.41, 5.74) is 0.775. The Balaban J connectivity index is 2.29. The average Bonchev–Trinajstić information content (AvgIpc) is 2.43. The van der Waals surface area contributed by atoms with Crippen LogP contribution in [0.25, 0.3) is 0 Å². The van der Waals surface area contributed by atoms with Crippen LogP contribution in [0.2, 0.25) is 5.02 Å². The molecular weight excluding hydrogens is 472 g/mol. The maximum atomic E-state index is 12.2. The van der Waals surface area contributed by atoms with Gasteiger partial charge in [-0.2, -0.15) is 0 Å². The molecule has 0 bridgehead atoms. The van der Waals surface area contributed by atoms with Gasteiger partial charge in [0, 0.05) is 13.7 Å². The molecule has 0 saturated carbocycles. The first-order valence-corrected chi connectivity index (χ1v) is 7.92. The lowest BCUT2D eigenvalue weighted by Crippen LogP contribution is -2.13. The first-order valence-electron chi connectivity index (χ1n) is 5.67. The second kappa shape index (κ2) is 6.76. The van der Waals surface area contributed by atoms with Gasteiger partial charge < -0.3 is 10.4 Å². The van der Waals surface area contributed by atoms with Crippen molar-refractivity contribution >= 4 is 67.7 Å². The van der Waals surface area contributed by atoms with E-state index in [1.54, 1.807) is 18.2 Å². The van der Waals surface area contributed by atoms with Gasteiger partial charge in [0.15, 0.2) is 0 Å². The number of carboxylic acid groups (broad SMARTS) is 1. The number of nitrogens with one attached hydrogen (secondary N) is 1. The zero-order valence-electron chi connectivity index (χ0n) is 10.4. The lowest BCUT2D eigenvalue weighted by molar-refractivity contribution is 0.0696. The third kappa shape index (κ3) is 3.96. The Labute approximate surface area is 147 Å². The Bertz CT molecular complexity index is 736. The van der Waals surface area contributed by atoms with Crippen LogP contribution in [0.15, 0.2) is 40.9 Å². The van der Waals surface area contributed by atoms with Gasteiger partial charge in [-0.05, 0) is 74.9 Å². The highest BCUT2D eigenvalue weighted by Crippen LogP contribution is 2.23. The molecular formula is C14H8BrClINO3. The molecule has 2 N–H and O–H groups in total. The number of aromatic carboxylic acids is 1. The highest BCUT2D eigenvalue weighted by atomic mass is 127. The second-order valence-electron chi connectivity index (χ2n) is 4.08. The standard InChI is InChI=1S/C14H8BrClINO3/c15-11-3-1-7(17)5-9(11)13(19)18-8-2-4-12(16)10(6-8)14(20)21/h1-6H,(H,18,19)(H,20,21). The van der Waals surface area contributed by atoms with E-state index in [0.29, 0.717) is 15.7 Å². The fourth-order valence-corrected chi connectivity index (χ4v) is 2.75. The van der Waals surface area contributed by atoms with Crippen LogP contribution in [0, 0.1) is 3.57 Å². The molecule has 0 spiro atoms. The summed E-state index contributed by atoms with van der Waals surface area (Å²) in [4.78, 5) is 23.3. The summed E-state index contributed by atoms with van der Waals surface area (Å²) in [5, 5.41) is 11.8. The first-order chi connectivity index (χ1) is 9.88. The summed E-state index contributed by atoms with van der Waals surface area (Å²) < 4.78 is 1.58.